The van der Waals surface area contributed by atoms with Crippen LogP contribution >= 0.6 is 0 Å². The maximum absolute atomic E-state index is 11.6. The van der Waals surface area contributed by atoms with Gasteiger partial charge in [0.2, 0.25) is 10.0 Å². The average molecular weight is 314 g/mol. The summed E-state index contributed by atoms with van der Waals surface area (Å²) in [5.74, 6) is 0.229. The minimum Gasteiger partial charge on any atom is -0.484 e. The molecule has 1 aromatic carbocycles. The Balaban J connectivity index is 2.81. The standard InChI is InChI=1S/C14H22N2O4S/c1-5-11(4)16-13(17)8-20-12-6-9(2)14(10(3)7-12)21(15,18)19/h6-7,11H,5,8H2,1-4H3,(H,16,17)(H2,15,18,19). The molecule has 118 valence electrons. The van der Waals surface area contributed by atoms with E-state index in [9.17, 15) is 13.2 Å². The van der Waals surface area contributed by atoms with Crippen molar-refractivity contribution in [2.45, 2.75) is 45.1 Å². The van der Waals surface area contributed by atoms with Gasteiger partial charge in [0.25, 0.3) is 5.91 Å². The molecule has 1 amide bonds. The molecular weight excluding hydrogens is 292 g/mol. The van der Waals surface area contributed by atoms with E-state index in [2.05, 4.69) is 5.32 Å². The number of hydrogen-bond donors (Lipinski definition) is 2. The lowest BCUT2D eigenvalue weighted by molar-refractivity contribution is -0.123. The molecule has 0 spiro atoms. The fourth-order valence-electron chi connectivity index (χ4n) is 2.01. The van der Waals surface area contributed by atoms with Crippen LogP contribution in [0.5, 0.6) is 5.75 Å². The van der Waals surface area contributed by atoms with Crippen LogP contribution in [0, 0.1) is 13.8 Å². The number of aryl methyl sites for hydroxylation is 2. The van der Waals surface area contributed by atoms with Gasteiger partial charge in [-0.25, -0.2) is 13.6 Å². The van der Waals surface area contributed by atoms with Crippen LogP contribution in [0.25, 0.3) is 0 Å². The Bertz CT molecular complexity index is 603. The summed E-state index contributed by atoms with van der Waals surface area (Å²) in [6.07, 6.45) is 0.840. The Morgan fingerprint density at radius 1 is 1.33 bits per heavy atom. The number of amides is 1. The summed E-state index contributed by atoms with van der Waals surface area (Å²) in [5, 5.41) is 7.95. The average Bonchev–Trinajstić information content (AvgIpc) is 2.33. The van der Waals surface area contributed by atoms with Gasteiger partial charge in [0.1, 0.15) is 5.75 Å². The number of ether oxygens (including phenoxy) is 1. The molecule has 6 nitrogen and oxygen atoms in total. The second kappa shape index (κ2) is 6.91. The summed E-state index contributed by atoms with van der Waals surface area (Å²) >= 11 is 0. The van der Waals surface area contributed by atoms with Crippen molar-refractivity contribution in [2.75, 3.05) is 6.61 Å². The first kappa shape index (κ1) is 17.5. The summed E-state index contributed by atoms with van der Waals surface area (Å²) in [4.78, 5) is 11.7. The number of rotatable bonds is 6. The molecule has 0 heterocycles. The Morgan fingerprint density at radius 3 is 2.29 bits per heavy atom. The Kier molecular flexibility index (Phi) is 5.74. The minimum atomic E-state index is -3.77. The highest BCUT2D eigenvalue weighted by molar-refractivity contribution is 7.89. The van der Waals surface area contributed by atoms with Crippen LogP contribution < -0.4 is 15.2 Å². The molecule has 0 bridgehead atoms. The Morgan fingerprint density at radius 2 is 1.86 bits per heavy atom. The maximum Gasteiger partial charge on any atom is 0.258 e. The predicted octanol–water partition coefficient (Wildman–Crippen LogP) is 1.24. The summed E-state index contributed by atoms with van der Waals surface area (Å²) < 4.78 is 28.4. The molecule has 1 atom stereocenters. The van der Waals surface area contributed by atoms with Crippen LogP contribution in [0.1, 0.15) is 31.4 Å². The molecule has 0 aliphatic carbocycles. The number of carbonyl (C=O) groups excluding carboxylic acids is 1. The topological polar surface area (TPSA) is 98.5 Å². The zero-order chi connectivity index (χ0) is 16.2. The number of hydrogen-bond acceptors (Lipinski definition) is 4. The van der Waals surface area contributed by atoms with Crippen molar-refractivity contribution in [2.24, 2.45) is 5.14 Å². The number of nitrogens with one attached hydrogen (secondary N) is 1. The normalized spacial score (nSPS) is 12.8. The van der Waals surface area contributed by atoms with Gasteiger partial charge in [0.15, 0.2) is 6.61 Å². The SMILES string of the molecule is CCC(C)NC(=O)COc1cc(C)c(S(N)(=O)=O)c(C)c1. The molecule has 0 radical (unpaired) electrons. The van der Waals surface area contributed by atoms with Crippen LogP contribution in [0.3, 0.4) is 0 Å². The highest BCUT2D eigenvalue weighted by atomic mass is 32.2. The molecule has 0 aliphatic heterocycles. The van der Waals surface area contributed by atoms with Crippen molar-refractivity contribution < 1.29 is 17.9 Å². The molecule has 0 aliphatic rings. The summed E-state index contributed by atoms with van der Waals surface area (Å²) in [5.41, 5.74) is 0.990. The van der Waals surface area contributed by atoms with E-state index in [-0.39, 0.29) is 23.5 Å². The molecule has 1 unspecified atom stereocenters. The molecule has 0 saturated carbocycles. The number of sulfonamides is 1. The van der Waals surface area contributed by atoms with Gasteiger partial charge in [0, 0.05) is 6.04 Å². The van der Waals surface area contributed by atoms with Crippen molar-refractivity contribution in [1.82, 2.24) is 5.32 Å². The zero-order valence-corrected chi connectivity index (χ0v) is 13.6. The number of benzene rings is 1. The molecular formula is C14H22N2O4S. The van der Waals surface area contributed by atoms with Crippen LogP contribution in [-0.2, 0) is 14.8 Å². The third kappa shape index (κ3) is 5.02. The second-order valence-electron chi connectivity index (χ2n) is 5.10. The summed E-state index contributed by atoms with van der Waals surface area (Å²) in [6.45, 7) is 7.05. The first-order valence-corrected chi connectivity index (χ1v) is 8.26. The first-order valence-electron chi connectivity index (χ1n) is 6.71. The van der Waals surface area contributed by atoms with Gasteiger partial charge >= 0.3 is 0 Å². The molecule has 21 heavy (non-hydrogen) atoms. The van der Waals surface area contributed by atoms with Crippen molar-refractivity contribution in [1.29, 1.82) is 0 Å². The van der Waals surface area contributed by atoms with Gasteiger partial charge in [-0.15, -0.1) is 0 Å². The van der Waals surface area contributed by atoms with Gasteiger partial charge < -0.3 is 10.1 Å². The molecule has 3 N–H and O–H groups in total. The minimum absolute atomic E-state index is 0.0920. The van der Waals surface area contributed by atoms with Crippen molar-refractivity contribution >= 4 is 15.9 Å². The van der Waals surface area contributed by atoms with E-state index in [1.165, 1.54) is 0 Å². The highest BCUT2D eigenvalue weighted by Gasteiger charge is 2.16. The van der Waals surface area contributed by atoms with Crippen molar-refractivity contribution in [3.05, 3.63) is 23.3 Å². The third-order valence-corrected chi connectivity index (χ3v) is 4.32. The van der Waals surface area contributed by atoms with E-state index in [0.29, 0.717) is 16.9 Å². The number of primary sulfonamides is 1. The summed E-state index contributed by atoms with van der Waals surface area (Å²) in [7, 11) is -3.77. The smallest absolute Gasteiger partial charge is 0.258 e. The number of carbonyl (C=O) groups is 1. The zero-order valence-electron chi connectivity index (χ0n) is 12.8. The maximum atomic E-state index is 11.6. The van der Waals surface area contributed by atoms with E-state index in [0.717, 1.165) is 6.42 Å². The fraction of sp³-hybridized carbons (Fsp3) is 0.500. The lowest BCUT2D eigenvalue weighted by Gasteiger charge is -2.14. The largest absolute Gasteiger partial charge is 0.484 e. The first-order chi connectivity index (χ1) is 9.65. The van der Waals surface area contributed by atoms with Gasteiger partial charge in [-0.05, 0) is 50.5 Å². The fourth-order valence-corrected chi connectivity index (χ4v) is 3.03. The summed E-state index contributed by atoms with van der Waals surface area (Å²) in [6, 6.07) is 3.21. The second-order valence-corrected chi connectivity index (χ2v) is 6.59. The Hall–Kier alpha value is -1.60. The monoisotopic (exact) mass is 314 g/mol. The van der Waals surface area contributed by atoms with Gasteiger partial charge in [-0.3, -0.25) is 4.79 Å². The molecule has 1 aromatic rings. The lowest BCUT2D eigenvalue weighted by Crippen LogP contribution is -2.35. The highest BCUT2D eigenvalue weighted by Crippen LogP contribution is 2.24. The van der Waals surface area contributed by atoms with Crippen LogP contribution in [0.4, 0.5) is 0 Å². The van der Waals surface area contributed by atoms with E-state index >= 15 is 0 Å². The van der Waals surface area contributed by atoms with Gasteiger partial charge in [-0.1, -0.05) is 6.92 Å². The quantitative estimate of drug-likeness (QED) is 0.825. The van der Waals surface area contributed by atoms with E-state index in [1.54, 1.807) is 26.0 Å². The van der Waals surface area contributed by atoms with Crippen LogP contribution in [-0.4, -0.2) is 27.0 Å². The molecule has 1 rings (SSSR count). The van der Waals surface area contributed by atoms with Gasteiger partial charge in [0.05, 0.1) is 4.90 Å². The Labute approximate surface area is 125 Å². The molecule has 0 aromatic heterocycles. The van der Waals surface area contributed by atoms with E-state index in [4.69, 9.17) is 9.88 Å². The lowest BCUT2D eigenvalue weighted by atomic mass is 10.1. The predicted molar refractivity (Wildman–Crippen MR) is 80.7 cm³/mol. The van der Waals surface area contributed by atoms with Gasteiger partial charge in [-0.2, -0.15) is 0 Å². The molecule has 0 saturated heterocycles. The van der Waals surface area contributed by atoms with E-state index < -0.39 is 10.0 Å². The van der Waals surface area contributed by atoms with Crippen molar-refractivity contribution in [3.8, 4) is 5.75 Å². The van der Waals surface area contributed by atoms with Crippen LogP contribution in [0.2, 0.25) is 0 Å². The molecule has 7 heteroatoms. The van der Waals surface area contributed by atoms with Crippen LogP contribution in [0.15, 0.2) is 17.0 Å². The molecule has 0 fully saturated rings. The van der Waals surface area contributed by atoms with Crippen molar-refractivity contribution in [3.63, 3.8) is 0 Å². The third-order valence-electron chi connectivity index (χ3n) is 3.11. The number of nitrogens with two attached hydrogens (primary N) is 1. The van der Waals surface area contributed by atoms with E-state index in [1.807, 2.05) is 13.8 Å².